The fraction of sp³-hybridized carbons (Fsp3) is 0.857. The first-order valence-corrected chi connectivity index (χ1v) is 26.0. The van der Waals surface area contributed by atoms with Crippen LogP contribution in [-0.2, 0) is 33.3 Å². The maximum absolute atomic E-state index is 14.1. The van der Waals surface area contributed by atoms with Gasteiger partial charge in [-0.15, -0.1) is 4.99 Å². The van der Waals surface area contributed by atoms with Crippen LogP contribution in [0.5, 0.6) is 0 Å². The van der Waals surface area contributed by atoms with Crippen molar-refractivity contribution in [2.75, 3.05) is 91.9 Å². The molecule has 7 aliphatic rings. The summed E-state index contributed by atoms with van der Waals surface area (Å²) in [6.45, 7) is 7.53. The van der Waals surface area contributed by atoms with Crippen molar-refractivity contribution in [2.24, 2.45) is 34.6 Å². The van der Waals surface area contributed by atoms with Gasteiger partial charge in [-0.2, -0.15) is 0 Å². The van der Waals surface area contributed by atoms with Gasteiger partial charge in [0.25, 0.3) is 0 Å². The minimum absolute atomic E-state index is 0.0589. The van der Waals surface area contributed by atoms with Gasteiger partial charge in [0, 0.05) is 58.8 Å². The smallest absolute Gasteiger partial charge is 0.436 e. The van der Waals surface area contributed by atoms with E-state index in [1.807, 2.05) is 4.90 Å². The van der Waals surface area contributed by atoms with Gasteiger partial charge in [-0.05, 0) is 101 Å². The van der Waals surface area contributed by atoms with Crippen molar-refractivity contribution in [1.29, 1.82) is 0 Å². The highest BCUT2D eigenvalue weighted by atomic mass is 16.6. The third-order valence-corrected chi connectivity index (χ3v) is 15.4. The Labute approximate surface area is 392 Å². The van der Waals surface area contributed by atoms with E-state index in [1.54, 1.807) is 9.80 Å². The normalized spacial score (nSPS) is 25.5. The van der Waals surface area contributed by atoms with E-state index in [0.717, 1.165) is 140 Å². The summed E-state index contributed by atoms with van der Waals surface area (Å²) in [5.41, 5.74) is 0. The van der Waals surface area contributed by atoms with Gasteiger partial charge >= 0.3 is 24.2 Å². The monoisotopic (exact) mass is 926 g/mol. The van der Waals surface area contributed by atoms with E-state index in [2.05, 4.69) is 15.2 Å². The summed E-state index contributed by atoms with van der Waals surface area (Å²) in [6.07, 6.45) is 19.9. The Hall–Kier alpha value is -3.99. The number of alkyl carbamates (subject to hydrolysis) is 1. The molecule has 0 aromatic heterocycles. The molecule has 3 atom stereocenters. The van der Waals surface area contributed by atoms with E-state index in [1.165, 1.54) is 19.3 Å². The van der Waals surface area contributed by atoms with Gasteiger partial charge in [-0.25, -0.2) is 24.1 Å². The molecule has 0 aromatic rings. The number of carbonyl (C=O) groups is 6. The van der Waals surface area contributed by atoms with Gasteiger partial charge < -0.3 is 33.6 Å². The number of guanidine groups is 1. The van der Waals surface area contributed by atoms with Crippen LogP contribution < -0.4 is 5.32 Å². The number of esters is 1. The van der Waals surface area contributed by atoms with Crippen LogP contribution in [0.4, 0.5) is 14.4 Å². The number of ether oxygens (including phenoxy) is 4. The molecule has 7 rings (SSSR count). The lowest BCUT2D eigenvalue weighted by Crippen LogP contribution is -2.70. The molecule has 3 aliphatic carbocycles. The summed E-state index contributed by atoms with van der Waals surface area (Å²) in [4.78, 5) is 94.8. The van der Waals surface area contributed by atoms with Gasteiger partial charge in [0.1, 0.15) is 0 Å². The molecule has 0 radical (unpaired) electrons. The van der Waals surface area contributed by atoms with Crippen LogP contribution >= 0.6 is 0 Å². The molecule has 4 aliphatic heterocycles. The number of carbonyl (C=O) groups excluding carboxylic acids is 6. The number of nitrogens with zero attached hydrogens (tertiary/aromatic N) is 6. The van der Waals surface area contributed by atoms with Gasteiger partial charge in [0.2, 0.25) is 17.8 Å². The first-order valence-electron chi connectivity index (χ1n) is 26.0. The van der Waals surface area contributed by atoms with Gasteiger partial charge in [0.05, 0.1) is 39.0 Å². The molecular weight excluding hydrogens is 847 g/mol. The van der Waals surface area contributed by atoms with Gasteiger partial charge in [-0.3, -0.25) is 19.8 Å². The Bertz CT molecular complexity index is 1630. The van der Waals surface area contributed by atoms with Crippen molar-refractivity contribution in [1.82, 2.24) is 29.8 Å². The van der Waals surface area contributed by atoms with Crippen LogP contribution in [0, 0.1) is 29.6 Å². The second-order valence-electron chi connectivity index (χ2n) is 20.2. The van der Waals surface area contributed by atoms with Crippen molar-refractivity contribution in [3.63, 3.8) is 0 Å². The molecular formula is C49H79N7O10. The molecule has 7 fully saturated rings. The predicted molar refractivity (Wildman–Crippen MR) is 246 cm³/mol. The Balaban J connectivity index is 0.951. The number of nitrogens with one attached hydrogen (secondary N) is 1. The number of imide groups is 1. The average Bonchev–Trinajstić information content (AvgIpc) is 3.36. The molecule has 1 N–H and O–H groups in total. The van der Waals surface area contributed by atoms with E-state index in [-0.39, 0.29) is 50.0 Å². The lowest BCUT2D eigenvalue weighted by atomic mass is 9.78. The molecule has 0 spiro atoms. The van der Waals surface area contributed by atoms with E-state index >= 15 is 0 Å². The Morgan fingerprint density at radius 1 is 0.606 bits per heavy atom. The number of β-lactam (4-membered cyclic amide) rings is 1. The third-order valence-electron chi connectivity index (χ3n) is 15.4. The fourth-order valence-electron chi connectivity index (χ4n) is 11.3. The topological polar surface area (TPSA) is 180 Å². The van der Waals surface area contributed by atoms with E-state index in [9.17, 15) is 28.8 Å². The van der Waals surface area contributed by atoms with E-state index in [4.69, 9.17) is 18.9 Å². The number of aliphatic imine (C=N–C) groups is 1. The molecule has 6 amide bonds. The molecule has 0 aromatic carbocycles. The van der Waals surface area contributed by atoms with E-state index < -0.39 is 42.1 Å². The lowest BCUT2D eigenvalue weighted by molar-refractivity contribution is -0.172. The third kappa shape index (κ3) is 14.8. The predicted octanol–water partition coefficient (Wildman–Crippen LogP) is 6.58. The number of rotatable bonds is 15. The number of hydrogen-bond acceptors (Lipinski definition) is 11. The van der Waals surface area contributed by atoms with E-state index in [0.29, 0.717) is 63.9 Å². The van der Waals surface area contributed by atoms with Crippen LogP contribution in [0.15, 0.2) is 4.99 Å². The molecule has 3 saturated carbocycles. The van der Waals surface area contributed by atoms with Crippen molar-refractivity contribution >= 4 is 42.0 Å². The zero-order valence-electron chi connectivity index (χ0n) is 39.7. The van der Waals surface area contributed by atoms with Crippen LogP contribution in [0.25, 0.3) is 0 Å². The quantitative estimate of drug-likeness (QED) is 0.0467. The molecule has 370 valence electrons. The number of piperidine rings is 1. The first-order chi connectivity index (χ1) is 32.2. The van der Waals surface area contributed by atoms with Gasteiger partial charge in [0.15, 0.2) is 6.04 Å². The zero-order valence-corrected chi connectivity index (χ0v) is 39.7. The summed E-state index contributed by atoms with van der Waals surface area (Å²) < 4.78 is 22.6. The Kier molecular flexibility index (Phi) is 19.6. The standard InChI is InChI=1S/C49H79N7O10/c57-42(21-11-4-12-22-52-28-30-63-31-29-52)53-24-26-54(27-25-53)49(62)56-43(45(59)64-34-37-14-5-1-6-15-37)41(44(56)58)32-40-20-13-23-55(33-40)46(50-47(60)65-35-38-16-7-2-8-17-38)51-48(61)66-36-39-18-9-3-10-19-39/h37-41,43H,1-36H2,(H,50,51,60,61)/t40?,41-,43?/m1/s1. The SMILES string of the molecule is O=C(/N=C(\NC(=O)OCC1CCCCC1)N1CCCC(C[C@H]2C(=O)N(C(=O)N3CCN(C(=O)CCCCCN4CCOCC4)CC3)C2C(=O)OCC2CCCCC2)C1)OCC1CCCCC1. The molecule has 17 heteroatoms. The van der Waals surface area contributed by atoms with Crippen LogP contribution in [0.1, 0.15) is 141 Å². The number of likely N-dealkylation sites (tertiary alicyclic amines) is 2. The Morgan fingerprint density at radius 3 is 1.82 bits per heavy atom. The maximum Gasteiger partial charge on any atom is 0.436 e. The van der Waals surface area contributed by atoms with Crippen LogP contribution in [-0.4, -0.2) is 164 Å². The molecule has 66 heavy (non-hydrogen) atoms. The molecule has 17 nitrogen and oxygen atoms in total. The molecule has 4 heterocycles. The summed E-state index contributed by atoms with van der Waals surface area (Å²) in [6, 6.07) is -1.58. The zero-order chi connectivity index (χ0) is 46.1. The number of piperazine rings is 1. The highest BCUT2D eigenvalue weighted by Gasteiger charge is 2.57. The maximum atomic E-state index is 14.1. The lowest BCUT2D eigenvalue weighted by Gasteiger charge is -2.48. The molecule has 0 bridgehead atoms. The van der Waals surface area contributed by atoms with Crippen molar-refractivity contribution in [3.8, 4) is 0 Å². The second-order valence-corrected chi connectivity index (χ2v) is 20.2. The first kappa shape index (κ1) is 49.9. The number of urea groups is 1. The van der Waals surface area contributed by atoms with Crippen molar-refractivity contribution in [3.05, 3.63) is 0 Å². The number of morpholine rings is 1. The van der Waals surface area contributed by atoms with Crippen LogP contribution in [0.3, 0.4) is 0 Å². The fourth-order valence-corrected chi connectivity index (χ4v) is 11.3. The van der Waals surface area contributed by atoms with Crippen molar-refractivity contribution < 1.29 is 47.7 Å². The van der Waals surface area contributed by atoms with Crippen LogP contribution in [0.2, 0.25) is 0 Å². The van der Waals surface area contributed by atoms with Gasteiger partial charge in [-0.1, -0.05) is 64.2 Å². The largest absolute Gasteiger partial charge is 0.464 e. The Morgan fingerprint density at radius 2 is 1.18 bits per heavy atom. The molecule has 4 saturated heterocycles. The highest BCUT2D eigenvalue weighted by molar-refractivity contribution is 6.08. The second kappa shape index (κ2) is 26.0. The summed E-state index contributed by atoms with van der Waals surface area (Å²) in [5, 5.41) is 2.76. The number of amides is 6. The summed E-state index contributed by atoms with van der Waals surface area (Å²) in [5.74, 6) is -0.836. The average molecular weight is 926 g/mol. The summed E-state index contributed by atoms with van der Waals surface area (Å²) in [7, 11) is 0. The minimum Gasteiger partial charge on any atom is -0.464 e. The number of hydrogen-bond donors (Lipinski definition) is 1. The minimum atomic E-state index is -1.06. The highest BCUT2D eigenvalue weighted by Crippen LogP contribution is 2.37. The number of unbranched alkanes of at least 4 members (excludes halogenated alkanes) is 2. The molecule has 2 unspecified atom stereocenters. The summed E-state index contributed by atoms with van der Waals surface area (Å²) >= 11 is 0. The van der Waals surface area contributed by atoms with Crippen molar-refractivity contribution in [2.45, 2.75) is 147 Å².